The third kappa shape index (κ3) is 3.56. The monoisotopic (exact) mass is 422 g/mol. The molecule has 156 valence electrons. The second kappa shape index (κ2) is 7.63. The SMILES string of the molecule is O=S(=O)(Cc1ccccc1)N1CCCC12CCN(c1cnc3ccccc3n1)CC2. The first kappa shape index (κ1) is 19.5. The molecule has 30 heavy (non-hydrogen) atoms. The van der Waals surface area contributed by atoms with E-state index in [0.717, 1.165) is 61.2 Å². The number of anilines is 1. The summed E-state index contributed by atoms with van der Waals surface area (Å²) in [6.45, 7) is 2.22. The van der Waals surface area contributed by atoms with Crippen LogP contribution in [-0.4, -0.2) is 47.9 Å². The number of sulfonamides is 1. The van der Waals surface area contributed by atoms with Crippen LogP contribution in [-0.2, 0) is 15.8 Å². The van der Waals surface area contributed by atoms with Crippen LogP contribution >= 0.6 is 0 Å². The van der Waals surface area contributed by atoms with E-state index in [0.29, 0.717) is 6.54 Å². The van der Waals surface area contributed by atoms with E-state index in [1.165, 1.54) is 0 Å². The fraction of sp³-hybridized carbons (Fsp3) is 0.391. The normalized spacial score (nSPS) is 19.5. The molecule has 1 spiro atoms. The summed E-state index contributed by atoms with van der Waals surface area (Å²) in [6.07, 6.45) is 5.37. The first-order valence-electron chi connectivity index (χ1n) is 10.6. The van der Waals surface area contributed by atoms with E-state index >= 15 is 0 Å². The second-order valence-corrected chi connectivity index (χ2v) is 10.2. The van der Waals surface area contributed by atoms with Crippen molar-refractivity contribution in [1.82, 2.24) is 14.3 Å². The van der Waals surface area contributed by atoms with Gasteiger partial charge >= 0.3 is 0 Å². The van der Waals surface area contributed by atoms with Gasteiger partial charge in [0.05, 0.1) is 23.0 Å². The number of hydrogen-bond acceptors (Lipinski definition) is 5. The average Bonchev–Trinajstić information content (AvgIpc) is 3.18. The fourth-order valence-electron chi connectivity index (χ4n) is 4.96. The van der Waals surface area contributed by atoms with Crippen LogP contribution in [0.1, 0.15) is 31.2 Å². The van der Waals surface area contributed by atoms with Gasteiger partial charge in [0.1, 0.15) is 5.82 Å². The molecule has 0 bridgehead atoms. The molecule has 0 radical (unpaired) electrons. The molecule has 7 heteroatoms. The third-order valence-electron chi connectivity index (χ3n) is 6.51. The minimum atomic E-state index is -3.35. The second-order valence-electron chi connectivity index (χ2n) is 8.35. The lowest BCUT2D eigenvalue weighted by molar-refractivity contribution is 0.192. The van der Waals surface area contributed by atoms with Gasteiger partial charge in [-0.2, -0.15) is 4.31 Å². The van der Waals surface area contributed by atoms with Crippen molar-refractivity contribution >= 4 is 26.9 Å². The maximum absolute atomic E-state index is 13.3. The molecule has 0 N–H and O–H groups in total. The van der Waals surface area contributed by atoms with Crippen molar-refractivity contribution in [2.24, 2.45) is 0 Å². The van der Waals surface area contributed by atoms with Crippen molar-refractivity contribution in [1.29, 1.82) is 0 Å². The highest BCUT2D eigenvalue weighted by Crippen LogP contribution is 2.41. The van der Waals surface area contributed by atoms with Gasteiger partial charge in [-0.15, -0.1) is 0 Å². The Morgan fingerprint density at radius 2 is 1.57 bits per heavy atom. The predicted molar refractivity (Wildman–Crippen MR) is 119 cm³/mol. The molecule has 0 saturated carbocycles. The molecule has 5 rings (SSSR count). The van der Waals surface area contributed by atoms with Crippen LogP contribution in [0.5, 0.6) is 0 Å². The first-order valence-corrected chi connectivity index (χ1v) is 12.2. The molecule has 0 aliphatic carbocycles. The molecule has 6 nitrogen and oxygen atoms in total. The van der Waals surface area contributed by atoms with Crippen LogP contribution in [0, 0.1) is 0 Å². The van der Waals surface area contributed by atoms with Crippen LogP contribution < -0.4 is 4.90 Å². The van der Waals surface area contributed by atoms with Gasteiger partial charge in [-0.05, 0) is 43.4 Å². The minimum Gasteiger partial charge on any atom is -0.355 e. The summed E-state index contributed by atoms with van der Waals surface area (Å²) in [7, 11) is -3.35. The van der Waals surface area contributed by atoms with Crippen LogP contribution in [0.4, 0.5) is 5.82 Å². The van der Waals surface area contributed by atoms with E-state index in [1.807, 2.05) is 65.1 Å². The topological polar surface area (TPSA) is 66.4 Å². The van der Waals surface area contributed by atoms with Gasteiger partial charge in [0.25, 0.3) is 0 Å². The summed E-state index contributed by atoms with van der Waals surface area (Å²) in [4.78, 5) is 11.5. The van der Waals surface area contributed by atoms with Gasteiger partial charge in [0.15, 0.2) is 0 Å². The molecule has 2 fully saturated rings. The maximum Gasteiger partial charge on any atom is 0.218 e. The van der Waals surface area contributed by atoms with Crippen molar-refractivity contribution in [2.45, 2.75) is 37.0 Å². The number of para-hydroxylation sites is 2. The Labute approximate surface area is 177 Å². The van der Waals surface area contributed by atoms with E-state index in [1.54, 1.807) is 0 Å². The van der Waals surface area contributed by atoms with Crippen molar-refractivity contribution < 1.29 is 8.42 Å². The lowest BCUT2D eigenvalue weighted by Gasteiger charge is -2.44. The molecule has 3 heterocycles. The van der Waals surface area contributed by atoms with E-state index in [2.05, 4.69) is 9.88 Å². The van der Waals surface area contributed by atoms with E-state index in [9.17, 15) is 8.42 Å². The molecule has 2 aliphatic rings. The van der Waals surface area contributed by atoms with Gasteiger partial charge in [-0.3, -0.25) is 4.98 Å². The highest BCUT2D eigenvalue weighted by Gasteiger charge is 2.48. The van der Waals surface area contributed by atoms with Crippen molar-refractivity contribution in [2.75, 3.05) is 24.5 Å². The number of benzene rings is 2. The molecule has 2 aromatic carbocycles. The Kier molecular flexibility index (Phi) is 4.95. The van der Waals surface area contributed by atoms with E-state index < -0.39 is 10.0 Å². The highest BCUT2D eigenvalue weighted by atomic mass is 32.2. The zero-order valence-corrected chi connectivity index (χ0v) is 17.8. The number of hydrogen-bond donors (Lipinski definition) is 0. The summed E-state index contributed by atoms with van der Waals surface area (Å²) in [6, 6.07) is 17.4. The number of aromatic nitrogens is 2. The van der Waals surface area contributed by atoms with Crippen LogP contribution in [0.15, 0.2) is 60.8 Å². The standard InChI is InChI=1S/C23H26N4O2S/c28-30(29,18-19-7-2-1-3-8-19)27-14-6-11-23(27)12-15-26(16-13-23)22-17-24-20-9-4-5-10-21(20)25-22/h1-5,7-10,17H,6,11-16,18H2. The van der Waals surface area contributed by atoms with Gasteiger partial charge in [0, 0.05) is 25.2 Å². The van der Waals surface area contributed by atoms with Gasteiger partial charge in [-0.1, -0.05) is 42.5 Å². The Balaban J connectivity index is 1.33. The number of nitrogens with zero attached hydrogens (tertiary/aromatic N) is 4. The summed E-state index contributed by atoms with van der Waals surface area (Å²) >= 11 is 0. The van der Waals surface area contributed by atoms with Gasteiger partial charge in [0.2, 0.25) is 10.0 Å². The predicted octanol–water partition coefficient (Wildman–Crippen LogP) is 3.59. The smallest absolute Gasteiger partial charge is 0.218 e. The summed E-state index contributed by atoms with van der Waals surface area (Å²) < 4.78 is 28.3. The Morgan fingerprint density at radius 3 is 2.33 bits per heavy atom. The summed E-state index contributed by atoms with van der Waals surface area (Å²) in [5.41, 5.74) is 2.38. The Morgan fingerprint density at radius 1 is 0.867 bits per heavy atom. The number of piperidine rings is 1. The largest absolute Gasteiger partial charge is 0.355 e. The maximum atomic E-state index is 13.3. The molecule has 0 amide bonds. The lowest BCUT2D eigenvalue weighted by atomic mass is 9.86. The van der Waals surface area contributed by atoms with Crippen LogP contribution in [0.3, 0.4) is 0 Å². The summed E-state index contributed by atoms with van der Waals surface area (Å²) in [5.74, 6) is 0.954. The third-order valence-corrected chi connectivity index (χ3v) is 8.45. The van der Waals surface area contributed by atoms with Gasteiger partial charge < -0.3 is 4.90 Å². The lowest BCUT2D eigenvalue weighted by Crippen LogP contribution is -2.54. The Bertz CT molecular complexity index is 1140. The molecule has 0 atom stereocenters. The quantitative estimate of drug-likeness (QED) is 0.643. The van der Waals surface area contributed by atoms with Crippen molar-refractivity contribution in [3.63, 3.8) is 0 Å². The number of fused-ring (bicyclic) bond motifs is 1. The highest BCUT2D eigenvalue weighted by molar-refractivity contribution is 7.88. The van der Waals surface area contributed by atoms with Crippen LogP contribution in [0.25, 0.3) is 11.0 Å². The molecule has 0 unspecified atom stereocenters. The minimum absolute atomic E-state index is 0.0788. The van der Waals surface area contributed by atoms with Gasteiger partial charge in [-0.25, -0.2) is 13.4 Å². The number of rotatable bonds is 4. The molecule has 3 aromatic rings. The van der Waals surface area contributed by atoms with E-state index in [-0.39, 0.29) is 11.3 Å². The molecule has 1 aromatic heterocycles. The van der Waals surface area contributed by atoms with E-state index in [4.69, 9.17) is 4.98 Å². The zero-order chi connectivity index (χ0) is 20.6. The average molecular weight is 423 g/mol. The first-order chi connectivity index (χ1) is 14.6. The van der Waals surface area contributed by atoms with Crippen LogP contribution in [0.2, 0.25) is 0 Å². The Hall–Kier alpha value is -2.51. The summed E-state index contributed by atoms with van der Waals surface area (Å²) in [5, 5.41) is 0. The zero-order valence-electron chi connectivity index (χ0n) is 16.9. The molecule has 2 aliphatic heterocycles. The molecular formula is C23H26N4O2S. The fourth-order valence-corrected chi connectivity index (χ4v) is 7.00. The molecular weight excluding hydrogens is 396 g/mol. The van der Waals surface area contributed by atoms with Crippen molar-refractivity contribution in [3.05, 3.63) is 66.4 Å². The van der Waals surface area contributed by atoms with Crippen molar-refractivity contribution in [3.8, 4) is 0 Å². The molecule has 2 saturated heterocycles.